The molecule has 0 bridgehead atoms. The Balaban J connectivity index is 2.09. The van der Waals surface area contributed by atoms with Crippen molar-refractivity contribution in [2.24, 2.45) is 0 Å². The summed E-state index contributed by atoms with van der Waals surface area (Å²) >= 11 is 3.44. The van der Waals surface area contributed by atoms with Crippen LogP contribution in [0.25, 0.3) is 11.0 Å². The lowest BCUT2D eigenvalue weighted by atomic mass is 10.2. The van der Waals surface area contributed by atoms with Gasteiger partial charge in [-0.05, 0) is 15.9 Å². The zero-order valence-electron chi connectivity index (χ0n) is 10.7. The van der Waals surface area contributed by atoms with Crippen LogP contribution in [-0.4, -0.2) is 50.7 Å². The lowest BCUT2D eigenvalue weighted by molar-refractivity contribution is -0.0484. The van der Waals surface area contributed by atoms with Gasteiger partial charge in [0.1, 0.15) is 12.4 Å². The number of aliphatic hydroxyl groups is 2. The van der Waals surface area contributed by atoms with E-state index in [0.717, 1.165) is 9.86 Å². The van der Waals surface area contributed by atoms with Gasteiger partial charge in [0.2, 0.25) is 5.88 Å². The molecule has 8 heteroatoms. The zero-order valence-corrected chi connectivity index (χ0v) is 12.3. The van der Waals surface area contributed by atoms with Crippen LogP contribution in [0.4, 0.5) is 0 Å². The predicted molar refractivity (Wildman–Crippen MR) is 73.4 cm³/mol. The molecule has 0 aromatic carbocycles. The van der Waals surface area contributed by atoms with E-state index in [1.165, 1.54) is 13.4 Å². The van der Waals surface area contributed by atoms with E-state index < -0.39 is 12.3 Å². The molecule has 0 aliphatic carbocycles. The molecule has 0 amide bonds. The van der Waals surface area contributed by atoms with Crippen LogP contribution < -0.4 is 4.74 Å². The van der Waals surface area contributed by atoms with Gasteiger partial charge in [-0.25, -0.2) is 9.97 Å². The predicted octanol–water partition coefficient (Wildman–Crippen LogP) is 0.843. The summed E-state index contributed by atoms with van der Waals surface area (Å²) in [6.07, 6.45) is 1.91. The molecule has 0 unspecified atom stereocenters. The third-order valence-electron chi connectivity index (χ3n) is 3.36. The molecule has 3 rings (SSSR count). The molecule has 0 saturated carbocycles. The third-order valence-corrected chi connectivity index (χ3v) is 3.97. The summed E-state index contributed by atoms with van der Waals surface area (Å²) in [6, 6.07) is 0. The standard InChI is InChI=1S/C12H14BrN3O4/c1-19-11-9-7(13)3-16(10(9)14-5-15-11)12-8(18)2-6(4-17)20-12/h3,5-6,8,12,17-18H,2,4H2,1H3/t6-,8+,12+/m0/s1. The van der Waals surface area contributed by atoms with Crippen LogP contribution in [0.15, 0.2) is 17.0 Å². The van der Waals surface area contributed by atoms with E-state index >= 15 is 0 Å². The van der Waals surface area contributed by atoms with Gasteiger partial charge < -0.3 is 24.3 Å². The van der Waals surface area contributed by atoms with Gasteiger partial charge in [-0.15, -0.1) is 0 Å². The summed E-state index contributed by atoms with van der Waals surface area (Å²) in [4.78, 5) is 8.29. The first-order valence-corrected chi connectivity index (χ1v) is 6.94. The maximum Gasteiger partial charge on any atom is 0.226 e. The summed E-state index contributed by atoms with van der Waals surface area (Å²) in [5, 5.41) is 20.0. The van der Waals surface area contributed by atoms with Crippen molar-refractivity contribution in [2.45, 2.75) is 24.9 Å². The van der Waals surface area contributed by atoms with Gasteiger partial charge in [0.15, 0.2) is 11.9 Å². The number of hydrogen-bond acceptors (Lipinski definition) is 6. The number of fused-ring (bicyclic) bond motifs is 1. The van der Waals surface area contributed by atoms with Crippen LogP contribution in [0, 0.1) is 0 Å². The van der Waals surface area contributed by atoms with Gasteiger partial charge in [-0.3, -0.25) is 0 Å². The van der Waals surface area contributed by atoms with Gasteiger partial charge in [0.05, 0.1) is 29.7 Å². The quantitative estimate of drug-likeness (QED) is 0.858. The Morgan fingerprint density at radius 2 is 2.35 bits per heavy atom. The van der Waals surface area contributed by atoms with Crippen molar-refractivity contribution in [1.29, 1.82) is 0 Å². The smallest absolute Gasteiger partial charge is 0.226 e. The normalized spacial score (nSPS) is 26.3. The molecule has 2 N–H and O–H groups in total. The average molecular weight is 344 g/mol. The number of aliphatic hydroxyl groups excluding tert-OH is 2. The molecule has 0 radical (unpaired) electrons. The number of hydrogen-bond donors (Lipinski definition) is 2. The Morgan fingerprint density at radius 3 is 3.00 bits per heavy atom. The van der Waals surface area contributed by atoms with E-state index in [1.54, 1.807) is 10.8 Å². The second-order valence-corrected chi connectivity index (χ2v) is 5.45. The van der Waals surface area contributed by atoms with Crippen LogP contribution >= 0.6 is 15.9 Å². The lowest BCUT2D eigenvalue weighted by Crippen LogP contribution is -2.19. The van der Waals surface area contributed by atoms with Gasteiger partial charge >= 0.3 is 0 Å². The maximum absolute atomic E-state index is 10.1. The Bertz CT molecular complexity index is 632. The SMILES string of the molecule is COc1ncnc2c1c(Br)cn2[C@@H]1O[C@H](CO)C[C@H]1O. The number of halogens is 1. The van der Waals surface area contributed by atoms with Crippen LogP contribution in [0.3, 0.4) is 0 Å². The number of nitrogens with zero attached hydrogens (tertiary/aromatic N) is 3. The van der Waals surface area contributed by atoms with Crippen molar-refractivity contribution in [2.75, 3.05) is 13.7 Å². The minimum absolute atomic E-state index is 0.119. The third kappa shape index (κ3) is 2.08. The van der Waals surface area contributed by atoms with Crippen molar-refractivity contribution >= 4 is 27.0 Å². The van der Waals surface area contributed by atoms with Crippen molar-refractivity contribution in [1.82, 2.24) is 14.5 Å². The van der Waals surface area contributed by atoms with Gasteiger partial charge in [0.25, 0.3) is 0 Å². The Morgan fingerprint density at radius 1 is 1.55 bits per heavy atom. The van der Waals surface area contributed by atoms with E-state index in [0.29, 0.717) is 17.9 Å². The first-order valence-electron chi connectivity index (χ1n) is 6.15. The molecule has 1 saturated heterocycles. The molecule has 1 fully saturated rings. The van der Waals surface area contributed by atoms with Gasteiger partial charge in [0, 0.05) is 12.6 Å². The van der Waals surface area contributed by atoms with Crippen LogP contribution in [0.2, 0.25) is 0 Å². The van der Waals surface area contributed by atoms with E-state index in [-0.39, 0.29) is 12.7 Å². The zero-order chi connectivity index (χ0) is 14.3. The first kappa shape index (κ1) is 13.7. The average Bonchev–Trinajstić information content (AvgIpc) is 2.99. The minimum Gasteiger partial charge on any atom is -0.480 e. The van der Waals surface area contributed by atoms with E-state index in [2.05, 4.69) is 25.9 Å². The molecule has 3 atom stereocenters. The first-order chi connectivity index (χ1) is 9.65. The second-order valence-electron chi connectivity index (χ2n) is 4.60. The van der Waals surface area contributed by atoms with Gasteiger partial charge in [-0.2, -0.15) is 0 Å². The van der Waals surface area contributed by atoms with Crippen LogP contribution in [-0.2, 0) is 4.74 Å². The summed E-state index contributed by atoms with van der Waals surface area (Å²) in [7, 11) is 1.54. The molecule has 0 spiro atoms. The fourth-order valence-electron chi connectivity index (χ4n) is 2.46. The van der Waals surface area contributed by atoms with Crippen LogP contribution in [0.1, 0.15) is 12.6 Å². The molecule has 20 heavy (non-hydrogen) atoms. The second kappa shape index (κ2) is 5.28. The maximum atomic E-state index is 10.1. The monoisotopic (exact) mass is 343 g/mol. The molecule has 1 aliphatic heterocycles. The molecule has 108 valence electrons. The minimum atomic E-state index is -0.699. The van der Waals surface area contributed by atoms with Crippen molar-refractivity contribution in [3.05, 3.63) is 17.0 Å². The molecule has 3 heterocycles. The van der Waals surface area contributed by atoms with Crippen molar-refractivity contribution < 1.29 is 19.7 Å². The molecule has 7 nitrogen and oxygen atoms in total. The van der Waals surface area contributed by atoms with E-state index in [9.17, 15) is 5.11 Å². The Kier molecular flexibility index (Phi) is 3.63. The Hall–Kier alpha value is -1.22. The topological polar surface area (TPSA) is 89.6 Å². The highest BCUT2D eigenvalue weighted by atomic mass is 79.9. The molecular formula is C12H14BrN3O4. The Labute approximate surface area is 123 Å². The highest BCUT2D eigenvalue weighted by molar-refractivity contribution is 9.10. The largest absolute Gasteiger partial charge is 0.480 e. The highest BCUT2D eigenvalue weighted by Gasteiger charge is 2.36. The van der Waals surface area contributed by atoms with Gasteiger partial charge in [-0.1, -0.05) is 0 Å². The van der Waals surface area contributed by atoms with E-state index in [1.807, 2.05) is 0 Å². The highest BCUT2D eigenvalue weighted by Crippen LogP contribution is 2.37. The molecule has 2 aromatic heterocycles. The molecule has 1 aliphatic rings. The fraction of sp³-hybridized carbons (Fsp3) is 0.500. The molecular weight excluding hydrogens is 330 g/mol. The number of methoxy groups -OCH3 is 1. The summed E-state index contributed by atoms with van der Waals surface area (Å²) < 4.78 is 13.3. The summed E-state index contributed by atoms with van der Waals surface area (Å²) in [6.45, 7) is -0.119. The number of ether oxygens (including phenoxy) is 2. The number of aromatic nitrogens is 3. The summed E-state index contributed by atoms with van der Waals surface area (Å²) in [5.74, 6) is 0.451. The van der Waals surface area contributed by atoms with Crippen molar-refractivity contribution in [3.8, 4) is 5.88 Å². The van der Waals surface area contributed by atoms with Crippen molar-refractivity contribution in [3.63, 3.8) is 0 Å². The lowest BCUT2D eigenvalue weighted by Gasteiger charge is -2.17. The molecule has 2 aromatic rings. The fourth-order valence-corrected chi connectivity index (χ4v) is 3.03. The summed E-state index contributed by atoms with van der Waals surface area (Å²) in [5.41, 5.74) is 0.603. The van der Waals surface area contributed by atoms with E-state index in [4.69, 9.17) is 14.6 Å². The number of rotatable bonds is 3. The van der Waals surface area contributed by atoms with Crippen LogP contribution in [0.5, 0.6) is 5.88 Å².